The lowest BCUT2D eigenvalue weighted by Gasteiger charge is -2.30. The van der Waals surface area contributed by atoms with E-state index >= 15 is 0 Å². The molecule has 3 aromatic rings. The zero-order valence-corrected chi connectivity index (χ0v) is 16.5. The van der Waals surface area contributed by atoms with Gasteiger partial charge in [-0.05, 0) is 55.2 Å². The summed E-state index contributed by atoms with van der Waals surface area (Å²) in [6, 6.07) is 14.9. The Kier molecular flexibility index (Phi) is 5.74. The number of hydrogen-bond donors (Lipinski definition) is 2. The molecule has 1 aliphatic rings. The average molecular weight is 391 g/mol. The molecule has 2 N–H and O–H groups in total. The van der Waals surface area contributed by atoms with Crippen LogP contribution < -0.4 is 15.5 Å². The third-order valence-corrected chi connectivity index (χ3v) is 5.18. The first-order valence-electron chi connectivity index (χ1n) is 9.94. The predicted octanol–water partition coefficient (Wildman–Crippen LogP) is 4.29. The minimum absolute atomic E-state index is 0.292. The fourth-order valence-corrected chi connectivity index (χ4v) is 3.40. The first kappa shape index (κ1) is 19.0. The molecule has 2 aromatic heterocycles. The minimum Gasteiger partial charge on any atom is -0.467 e. The van der Waals surface area contributed by atoms with Crippen LogP contribution in [0.25, 0.3) is 11.3 Å². The third kappa shape index (κ3) is 4.93. The number of rotatable bonds is 5. The number of nitrogens with zero attached hydrogens (tertiary/aromatic N) is 3. The Morgan fingerprint density at radius 1 is 1.14 bits per heavy atom. The van der Waals surface area contributed by atoms with E-state index in [0.717, 1.165) is 36.1 Å². The van der Waals surface area contributed by atoms with Crippen LogP contribution >= 0.6 is 0 Å². The van der Waals surface area contributed by atoms with Crippen molar-refractivity contribution in [2.75, 3.05) is 23.3 Å². The van der Waals surface area contributed by atoms with Crippen LogP contribution in [0.4, 0.5) is 16.3 Å². The van der Waals surface area contributed by atoms with Crippen LogP contribution in [0.5, 0.6) is 0 Å². The van der Waals surface area contributed by atoms with Gasteiger partial charge in [-0.15, -0.1) is 10.2 Å². The highest BCUT2D eigenvalue weighted by Crippen LogP contribution is 2.24. The number of nitrogens with one attached hydrogen (secondary N) is 2. The van der Waals surface area contributed by atoms with Crippen LogP contribution in [0.1, 0.15) is 25.5 Å². The van der Waals surface area contributed by atoms with Crippen molar-refractivity contribution >= 4 is 17.5 Å². The topological polar surface area (TPSA) is 83.3 Å². The van der Waals surface area contributed by atoms with Crippen LogP contribution in [0.15, 0.2) is 59.2 Å². The number of piperidine rings is 1. The molecule has 0 atom stereocenters. The summed E-state index contributed by atoms with van der Waals surface area (Å²) in [5.74, 6) is 2.41. The van der Waals surface area contributed by atoms with Gasteiger partial charge in [0.05, 0.1) is 18.5 Å². The standard InChI is InChI=1S/C22H25N5O2/c1-16-9-11-27(12-10-16)21-8-7-20(25-26-21)17-4-2-5-18(14-17)24-22(28)23-15-19-6-3-13-29-19/h2-8,13-14,16H,9-12,15H2,1H3,(H2,23,24,28). The van der Waals surface area contributed by atoms with E-state index in [2.05, 4.69) is 32.7 Å². The van der Waals surface area contributed by atoms with Gasteiger partial charge in [0.15, 0.2) is 5.82 Å². The van der Waals surface area contributed by atoms with E-state index in [1.54, 1.807) is 12.3 Å². The number of anilines is 2. The van der Waals surface area contributed by atoms with E-state index in [1.165, 1.54) is 12.8 Å². The number of benzene rings is 1. The Labute approximate surface area is 170 Å². The fraction of sp³-hybridized carbons (Fsp3) is 0.318. The zero-order valence-electron chi connectivity index (χ0n) is 16.5. The van der Waals surface area contributed by atoms with Crippen LogP contribution in [0.2, 0.25) is 0 Å². The Balaban J connectivity index is 1.38. The molecule has 3 heterocycles. The van der Waals surface area contributed by atoms with Crippen molar-refractivity contribution in [3.63, 3.8) is 0 Å². The normalized spacial score (nSPS) is 14.6. The van der Waals surface area contributed by atoms with Gasteiger partial charge in [-0.3, -0.25) is 0 Å². The predicted molar refractivity (Wildman–Crippen MR) is 113 cm³/mol. The summed E-state index contributed by atoms with van der Waals surface area (Å²) < 4.78 is 5.21. The van der Waals surface area contributed by atoms with E-state index in [4.69, 9.17) is 4.42 Å². The molecule has 4 rings (SSSR count). The number of urea groups is 1. The van der Waals surface area contributed by atoms with Crippen molar-refractivity contribution < 1.29 is 9.21 Å². The van der Waals surface area contributed by atoms with Gasteiger partial charge in [0.25, 0.3) is 0 Å². The number of aromatic nitrogens is 2. The molecule has 7 nitrogen and oxygen atoms in total. The lowest BCUT2D eigenvalue weighted by atomic mass is 9.99. The summed E-state index contributed by atoms with van der Waals surface area (Å²) >= 11 is 0. The van der Waals surface area contributed by atoms with Crippen molar-refractivity contribution in [1.82, 2.24) is 15.5 Å². The van der Waals surface area contributed by atoms with Crippen molar-refractivity contribution in [2.45, 2.75) is 26.3 Å². The summed E-state index contributed by atoms with van der Waals surface area (Å²) in [4.78, 5) is 14.4. The summed E-state index contributed by atoms with van der Waals surface area (Å²) in [5.41, 5.74) is 2.37. The van der Waals surface area contributed by atoms with E-state index in [1.807, 2.05) is 42.5 Å². The van der Waals surface area contributed by atoms with Gasteiger partial charge in [-0.1, -0.05) is 19.1 Å². The van der Waals surface area contributed by atoms with Crippen molar-refractivity contribution in [3.8, 4) is 11.3 Å². The number of hydrogen-bond acceptors (Lipinski definition) is 5. The highest BCUT2D eigenvalue weighted by Gasteiger charge is 2.17. The number of carbonyl (C=O) groups excluding carboxylic acids is 1. The van der Waals surface area contributed by atoms with Crippen LogP contribution in [-0.2, 0) is 6.54 Å². The Bertz CT molecular complexity index is 932. The monoisotopic (exact) mass is 391 g/mol. The van der Waals surface area contributed by atoms with E-state index in [0.29, 0.717) is 18.0 Å². The maximum Gasteiger partial charge on any atom is 0.319 e. The van der Waals surface area contributed by atoms with Gasteiger partial charge < -0.3 is 20.0 Å². The van der Waals surface area contributed by atoms with Crippen molar-refractivity contribution in [1.29, 1.82) is 0 Å². The molecular formula is C22H25N5O2. The molecule has 7 heteroatoms. The van der Waals surface area contributed by atoms with Gasteiger partial charge in [0.1, 0.15) is 5.76 Å². The number of amides is 2. The molecule has 1 aromatic carbocycles. The van der Waals surface area contributed by atoms with Crippen molar-refractivity contribution in [2.24, 2.45) is 5.92 Å². The second-order valence-corrected chi connectivity index (χ2v) is 7.41. The second-order valence-electron chi connectivity index (χ2n) is 7.41. The van der Waals surface area contributed by atoms with Crippen molar-refractivity contribution in [3.05, 3.63) is 60.6 Å². The first-order chi connectivity index (χ1) is 14.2. The summed E-state index contributed by atoms with van der Waals surface area (Å²) in [7, 11) is 0. The Morgan fingerprint density at radius 2 is 2.00 bits per heavy atom. The summed E-state index contributed by atoms with van der Waals surface area (Å²) in [6.07, 6.45) is 3.97. The molecule has 0 spiro atoms. The first-order valence-corrected chi connectivity index (χ1v) is 9.94. The van der Waals surface area contributed by atoms with Gasteiger partial charge >= 0.3 is 6.03 Å². The van der Waals surface area contributed by atoms with Gasteiger partial charge in [0.2, 0.25) is 0 Å². The molecule has 1 fully saturated rings. The highest BCUT2D eigenvalue weighted by atomic mass is 16.3. The van der Waals surface area contributed by atoms with Crippen LogP contribution in [-0.4, -0.2) is 29.3 Å². The summed E-state index contributed by atoms with van der Waals surface area (Å²) in [5, 5.41) is 14.4. The molecule has 0 unspecified atom stereocenters. The quantitative estimate of drug-likeness (QED) is 0.678. The Morgan fingerprint density at radius 3 is 2.72 bits per heavy atom. The zero-order chi connectivity index (χ0) is 20.1. The molecule has 1 aliphatic heterocycles. The molecule has 1 saturated heterocycles. The fourth-order valence-electron chi connectivity index (χ4n) is 3.40. The van der Waals surface area contributed by atoms with E-state index in [-0.39, 0.29) is 6.03 Å². The molecule has 0 bridgehead atoms. The number of furan rings is 1. The minimum atomic E-state index is -0.292. The largest absolute Gasteiger partial charge is 0.467 e. The smallest absolute Gasteiger partial charge is 0.319 e. The summed E-state index contributed by atoms with van der Waals surface area (Å²) in [6.45, 7) is 4.69. The highest BCUT2D eigenvalue weighted by molar-refractivity contribution is 5.89. The lowest BCUT2D eigenvalue weighted by Crippen LogP contribution is -2.33. The molecule has 0 saturated carbocycles. The average Bonchev–Trinajstić information content (AvgIpc) is 3.27. The second kappa shape index (κ2) is 8.77. The lowest BCUT2D eigenvalue weighted by molar-refractivity contribution is 0.251. The number of carbonyl (C=O) groups is 1. The molecule has 150 valence electrons. The maximum absolute atomic E-state index is 12.1. The van der Waals surface area contributed by atoms with Crippen LogP contribution in [0.3, 0.4) is 0 Å². The molecule has 29 heavy (non-hydrogen) atoms. The van der Waals surface area contributed by atoms with Gasteiger partial charge in [0, 0.05) is 24.3 Å². The van der Waals surface area contributed by atoms with Gasteiger partial charge in [-0.2, -0.15) is 0 Å². The van der Waals surface area contributed by atoms with E-state index in [9.17, 15) is 4.79 Å². The van der Waals surface area contributed by atoms with Gasteiger partial charge in [-0.25, -0.2) is 4.79 Å². The van der Waals surface area contributed by atoms with E-state index < -0.39 is 0 Å². The SMILES string of the molecule is CC1CCN(c2ccc(-c3cccc(NC(=O)NCc4ccco4)c3)nn2)CC1. The maximum atomic E-state index is 12.1. The molecular weight excluding hydrogens is 366 g/mol. The third-order valence-electron chi connectivity index (χ3n) is 5.18. The molecule has 2 amide bonds. The van der Waals surface area contributed by atoms with Crippen LogP contribution in [0, 0.1) is 5.92 Å². The Hall–Kier alpha value is -3.35. The molecule has 0 radical (unpaired) electrons. The molecule has 0 aliphatic carbocycles.